The van der Waals surface area contributed by atoms with Crippen molar-refractivity contribution in [2.45, 2.75) is 19.6 Å². The normalized spacial score (nSPS) is 11.5. The Morgan fingerprint density at radius 1 is 1.08 bits per heavy atom. The molecule has 25 heavy (non-hydrogen) atoms. The van der Waals surface area contributed by atoms with Crippen molar-refractivity contribution in [2.24, 2.45) is 12.0 Å². The molecule has 130 valence electrons. The number of nitrogens with one attached hydrogen (secondary N) is 2. The first-order valence-corrected chi connectivity index (χ1v) is 8.21. The van der Waals surface area contributed by atoms with Crippen molar-refractivity contribution < 1.29 is 0 Å². The second-order valence-corrected chi connectivity index (χ2v) is 5.68. The molecule has 0 bridgehead atoms. The van der Waals surface area contributed by atoms with Crippen molar-refractivity contribution in [3.63, 3.8) is 0 Å². The van der Waals surface area contributed by atoms with Gasteiger partial charge in [0.15, 0.2) is 5.96 Å². The van der Waals surface area contributed by atoms with Crippen LogP contribution in [0, 0.1) is 0 Å². The first-order valence-electron chi connectivity index (χ1n) is 8.21. The average Bonchev–Trinajstić information content (AvgIpc) is 3.25. The Balaban J connectivity index is 1.55. The van der Waals surface area contributed by atoms with Crippen molar-refractivity contribution in [1.29, 1.82) is 0 Å². The maximum absolute atomic E-state index is 4.45. The quantitative estimate of drug-likeness (QED) is 0.529. The minimum Gasteiger partial charge on any atom is -0.351 e. The standard InChI is InChI=1S/C18H23N7/c1-19-18(21-12-16-8-9-23-24(16)2)22-13-17-20-10-11-25(17)14-15-6-4-3-5-7-15/h3-11H,12-14H2,1-2H3,(H2,19,21,22). The Hall–Kier alpha value is -3.09. The number of rotatable bonds is 6. The molecule has 3 rings (SSSR count). The van der Waals surface area contributed by atoms with Crippen LogP contribution in [0.15, 0.2) is 60.0 Å². The predicted octanol–water partition coefficient (Wildman–Crippen LogP) is 1.53. The lowest BCUT2D eigenvalue weighted by atomic mass is 10.2. The Kier molecular flexibility index (Phi) is 5.46. The fourth-order valence-corrected chi connectivity index (χ4v) is 2.56. The highest BCUT2D eigenvalue weighted by Crippen LogP contribution is 2.05. The van der Waals surface area contributed by atoms with Crippen LogP contribution in [0.1, 0.15) is 17.1 Å². The third-order valence-corrected chi connectivity index (χ3v) is 3.99. The number of aliphatic imine (C=N–C) groups is 1. The van der Waals surface area contributed by atoms with Gasteiger partial charge in [0.2, 0.25) is 0 Å². The summed E-state index contributed by atoms with van der Waals surface area (Å²) in [6.07, 6.45) is 5.61. The van der Waals surface area contributed by atoms with Gasteiger partial charge in [0.25, 0.3) is 0 Å². The molecule has 0 saturated carbocycles. The highest BCUT2D eigenvalue weighted by Gasteiger charge is 2.06. The number of imidazole rings is 1. The van der Waals surface area contributed by atoms with E-state index in [0.717, 1.165) is 24.0 Å². The first-order chi connectivity index (χ1) is 12.3. The summed E-state index contributed by atoms with van der Waals surface area (Å²) in [4.78, 5) is 8.70. The zero-order chi connectivity index (χ0) is 17.5. The van der Waals surface area contributed by atoms with Crippen molar-refractivity contribution >= 4 is 5.96 Å². The van der Waals surface area contributed by atoms with Crippen LogP contribution in [0.2, 0.25) is 0 Å². The number of aromatic nitrogens is 4. The van der Waals surface area contributed by atoms with Crippen molar-refractivity contribution in [3.8, 4) is 0 Å². The summed E-state index contributed by atoms with van der Waals surface area (Å²) in [7, 11) is 3.68. The Morgan fingerprint density at radius 3 is 2.60 bits per heavy atom. The molecule has 0 atom stereocenters. The lowest BCUT2D eigenvalue weighted by Gasteiger charge is -2.13. The maximum Gasteiger partial charge on any atom is 0.191 e. The van der Waals surface area contributed by atoms with Gasteiger partial charge in [-0.3, -0.25) is 9.67 Å². The van der Waals surface area contributed by atoms with Gasteiger partial charge in [0.1, 0.15) is 5.82 Å². The predicted molar refractivity (Wildman–Crippen MR) is 98.0 cm³/mol. The van der Waals surface area contributed by atoms with Gasteiger partial charge in [-0.25, -0.2) is 4.98 Å². The molecule has 0 radical (unpaired) electrons. The second kappa shape index (κ2) is 8.14. The van der Waals surface area contributed by atoms with Crippen LogP contribution in [0.3, 0.4) is 0 Å². The van der Waals surface area contributed by atoms with E-state index in [1.807, 2.05) is 48.4 Å². The smallest absolute Gasteiger partial charge is 0.191 e. The summed E-state index contributed by atoms with van der Waals surface area (Å²) in [5.41, 5.74) is 2.34. The Bertz CT molecular complexity index is 817. The van der Waals surface area contributed by atoms with Gasteiger partial charge in [0.05, 0.1) is 18.8 Å². The molecule has 2 heterocycles. The van der Waals surface area contributed by atoms with E-state index in [1.54, 1.807) is 13.2 Å². The minimum absolute atomic E-state index is 0.602. The van der Waals surface area contributed by atoms with Crippen LogP contribution in [0.25, 0.3) is 0 Å². The number of nitrogens with zero attached hydrogens (tertiary/aromatic N) is 5. The molecule has 3 aromatic rings. The number of aryl methyl sites for hydroxylation is 1. The molecule has 0 aliphatic rings. The van der Waals surface area contributed by atoms with Crippen molar-refractivity contribution in [2.75, 3.05) is 7.05 Å². The molecule has 2 aromatic heterocycles. The molecule has 2 N–H and O–H groups in total. The van der Waals surface area contributed by atoms with E-state index in [4.69, 9.17) is 0 Å². The van der Waals surface area contributed by atoms with Gasteiger partial charge in [-0.1, -0.05) is 30.3 Å². The molecule has 0 spiro atoms. The number of guanidine groups is 1. The van der Waals surface area contributed by atoms with E-state index in [2.05, 4.69) is 42.4 Å². The Labute approximate surface area is 147 Å². The third kappa shape index (κ3) is 4.47. The van der Waals surface area contributed by atoms with Gasteiger partial charge < -0.3 is 15.2 Å². The monoisotopic (exact) mass is 337 g/mol. The van der Waals surface area contributed by atoms with Gasteiger partial charge in [-0.15, -0.1) is 0 Å². The molecule has 0 aliphatic carbocycles. The second-order valence-electron chi connectivity index (χ2n) is 5.68. The lowest BCUT2D eigenvalue weighted by molar-refractivity contribution is 0.668. The molecule has 7 nitrogen and oxygen atoms in total. The van der Waals surface area contributed by atoms with Crippen molar-refractivity contribution in [1.82, 2.24) is 30.0 Å². The summed E-state index contributed by atoms with van der Waals surface area (Å²) < 4.78 is 3.98. The Morgan fingerprint density at radius 2 is 1.88 bits per heavy atom. The van der Waals surface area contributed by atoms with E-state index in [0.29, 0.717) is 13.1 Å². The zero-order valence-corrected chi connectivity index (χ0v) is 14.6. The largest absolute Gasteiger partial charge is 0.351 e. The topological polar surface area (TPSA) is 72.1 Å². The summed E-state index contributed by atoms with van der Waals surface area (Å²) in [6.45, 7) is 2.07. The number of hydrogen-bond acceptors (Lipinski definition) is 3. The number of benzene rings is 1. The third-order valence-electron chi connectivity index (χ3n) is 3.99. The fraction of sp³-hybridized carbons (Fsp3) is 0.278. The highest BCUT2D eigenvalue weighted by atomic mass is 15.3. The van der Waals surface area contributed by atoms with E-state index in [-0.39, 0.29) is 0 Å². The van der Waals surface area contributed by atoms with Crippen LogP contribution in [0.4, 0.5) is 0 Å². The highest BCUT2D eigenvalue weighted by molar-refractivity contribution is 5.79. The van der Waals surface area contributed by atoms with Crippen molar-refractivity contribution in [3.05, 3.63) is 72.1 Å². The summed E-state index contributed by atoms with van der Waals surface area (Å²) in [6, 6.07) is 12.3. The molecule has 0 amide bonds. The molecular formula is C18H23N7. The van der Waals surface area contributed by atoms with Gasteiger partial charge in [0, 0.05) is 39.2 Å². The molecule has 1 aromatic carbocycles. The minimum atomic E-state index is 0.602. The molecule has 0 unspecified atom stereocenters. The summed E-state index contributed by atoms with van der Waals surface area (Å²) >= 11 is 0. The molecule has 7 heteroatoms. The fourth-order valence-electron chi connectivity index (χ4n) is 2.56. The van der Waals surface area contributed by atoms with E-state index < -0.39 is 0 Å². The molecule has 0 fully saturated rings. The van der Waals surface area contributed by atoms with Gasteiger partial charge in [-0.05, 0) is 11.6 Å². The van der Waals surface area contributed by atoms with E-state index in [9.17, 15) is 0 Å². The summed E-state index contributed by atoms with van der Waals surface area (Å²) in [5, 5.41) is 10.8. The van der Waals surface area contributed by atoms with Crippen LogP contribution in [-0.4, -0.2) is 32.3 Å². The molecular weight excluding hydrogens is 314 g/mol. The van der Waals surface area contributed by atoms with Gasteiger partial charge in [-0.2, -0.15) is 5.10 Å². The lowest BCUT2D eigenvalue weighted by Crippen LogP contribution is -2.37. The maximum atomic E-state index is 4.45. The summed E-state index contributed by atoms with van der Waals surface area (Å²) in [5.74, 6) is 1.70. The first kappa shape index (κ1) is 16.8. The van der Waals surface area contributed by atoms with Crippen LogP contribution < -0.4 is 10.6 Å². The van der Waals surface area contributed by atoms with E-state index >= 15 is 0 Å². The number of hydrogen-bond donors (Lipinski definition) is 2. The zero-order valence-electron chi connectivity index (χ0n) is 14.6. The van der Waals surface area contributed by atoms with Gasteiger partial charge >= 0.3 is 0 Å². The van der Waals surface area contributed by atoms with Crippen LogP contribution in [0.5, 0.6) is 0 Å². The molecule has 0 aliphatic heterocycles. The average molecular weight is 337 g/mol. The molecule has 0 saturated heterocycles. The SMILES string of the molecule is CN=C(NCc1nccn1Cc1ccccc1)NCc1ccnn1C. The van der Waals surface area contributed by atoms with Crippen LogP contribution in [-0.2, 0) is 26.7 Å². The van der Waals surface area contributed by atoms with Crippen LogP contribution >= 0.6 is 0 Å². The van der Waals surface area contributed by atoms with E-state index in [1.165, 1.54) is 5.56 Å².